The second kappa shape index (κ2) is 6.23. The van der Waals surface area contributed by atoms with Crippen LogP contribution >= 0.6 is 0 Å². The van der Waals surface area contributed by atoms with Gasteiger partial charge in [-0.15, -0.1) is 5.10 Å². The van der Waals surface area contributed by atoms with Gasteiger partial charge in [-0.2, -0.15) is 0 Å². The zero-order valence-electron chi connectivity index (χ0n) is 10.2. The van der Waals surface area contributed by atoms with Crippen LogP contribution in [0.15, 0.2) is 30.7 Å². The third kappa shape index (κ3) is 3.61. The summed E-state index contributed by atoms with van der Waals surface area (Å²) in [4.78, 5) is 3.96. The van der Waals surface area contributed by atoms with Crippen molar-refractivity contribution in [2.24, 2.45) is 0 Å². The van der Waals surface area contributed by atoms with Crippen molar-refractivity contribution < 1.29 is 9.84 Å². The monoisotopic (exact) mass is 248 g/mol. The van der Waals surface area contributed by atoms with Crippen LogP contribution in [0.25, 0.3) is 0 Å². The number of pyridine rings is 1. The topological polar surface area (TPSA) is 73.1 Å². The van der Waals surface area contributed by atoms with Gasteiger partial charge in [0.1, 0.15) is 0 Å². The van der Waals surface area contributed by atoms with Gasteiger partial charge in [0, 0.05) is 32.1 Å². The molecule has 18 heavy (non-hydrogen) atoms. The number of ether oxygens (including phenoxy) is 1. The molecule has 2 aromatic rings. The summed E-state index contributed by atoms with van der Waals surface area (Å²) in [7, 11) is 1.56. The Morgan fingerprint density at radius 2 is 2.17 bits per heavy atom. The molecule has 0 saturated heterocycles. The fourth-order valence-electron chi connectivity index (χ4n) is 1.68. The zero-order valence-corrected chi connectivity index (χ0v) is 10.2. The van der Waals surface area contributed by atoms with Crippen molar-refractivity contribution in [3.05, 3.63) is 42.0 Å². The normalized spacial score (nSPS) is 12.6. The van der Waals surface area contributed by atoms with E-state index in [1.165, 1.54) is 0 Å². The molecular weight excluding hydrogens is 232 g/mol. The number of aliphatic hydroxyl groups excluding tert-OH is 1. The minimum Gasteiger partial charge on any atom is -0.390 e. The Morgan fingerprint density at radius 3 is 2.89 bits per heavy atom. The third-order valence-electron chi connectivity index (χ3n) is 2.48. The van der Waals surface area contributed by atoms with E-state index in [1.807, 2.05) is 18.3 Å². The fraction of sp³-hybridized carbons (Fsp3) is 0.417. The van der Waals surface area contributed by atoms with E-state index in [1.54, 1.807) is 24.2 Å². The quantitative estimate of drug-likeness (QED) is 0.794. The smallest absolute Gasteiger partial charge is 0.0853 e. The summed E-state index contributed by atoms with van der Waals surface area (Å²) in [5, 5.41) is 17.6. The van der Waals surface area contributed by atoms with E-state index in [0.717, 1.165) is 11.3 Å². The maximum Gasteiger partial charge on any atom is 0.0853 e. The van der Waals surface area contributed by atoms with Gasteiger partial charge in [0.2, 0.25) is 0 Å². The molecule has 0 spiro atoms. The number of nitrogens with zero attached hydrogens (tertiary/aromatic N) is 4. The van der Waals surface area contributed by atoms with E-state index < -0.39 is 6.10 Å². The summed E-state index contributed by atoms with van der Waals surface area (Å²) in [6.07, 6.45) is 5.23. The SMILES string of the molecule is COC[C@@H](O)Cc1cn(Cc2ccncc2)nn1. The molecule has 0 saturated carbocycles. The van der Waals surface area contributed by atoms with Gasteiger partial charge in [-0.1, -0.05) is 5.21 Å². The molecule has 0 fully saturated rings. The zero-order chi connectivity index (χ0) is 12.8. The van der Waals surface area contributed by atoms with Crippen LogP contribution in [0.2, 0.25) is 0 Å². The number of rotatable bonds is 6. The number of hydrogen-bond donors (Lipinski definition) is 1. The van der Waals surface area contributed by atoms with E-state index in [4.69, 9.17) is 4.74 Å². The molecule has 0 radical (unpaired) electrons. The average molecular weight is 248 g/mol. The number of methoxy groups -OCH3 is 1. The summed E-state index contributed by atoms with van der Waals surface area (Å²) in [5.41, 5.74) is 1.87. The van der Waals surface area contributed by atoms with Crippen LogP contribution in [0.5, 0.6) is 0 Å². The summed E-state index contributed by atoms with van der Waals surface area (Å²) in [6, 6.07) is 3.86. The van der Waals surface area contributed by atoms with Crippen LogP contribution in [-0.2, 0) is 17.7 Å². The van der Waals surface area contributed by atoms with Crippen LogP contribution in [0.4, 0.5) is 0 Å². The van der Waals surface area contributed by atoms with Crippen molar-refractivity contribution in [3.63, 3.8) is 0 Å². The van der Waals surface area contributed by atoms with Gasteiger partial charge >= 0.3 is 0 Å². The summed E-state index contributed by atoms with van der Waals surface area (Å²) >= 11 is 0. The van der Waals surface area contributed by atoms with Gasteiger partial charge in [0.05, 0.1) is 24.9 Å². The first-order chi connectivity index (χ1) is 8.78. The molecule has 6 nitrogen and oxygen atoms in total. The summed E-state index contributed by atoms with van der Waals surface area (Å²) in [6.45, 7) is 0.951. The molecule has 2 aromatic heterocycles. The Labute approximate surface area is 105 Å². The lowest BCUT2D eigenvalue weighted by molar-refractivity contribution is 0.0644. The number of aliphatic hydroxyl groups is 1. The minimum absolute atomic E-state index is 0.303. The highest BCUT2D eigenvalue weighted by atomic mass is 16.5. The second-order valence-electron chi connectivity index (χ2n) is 4.08. The highest BCUT2D eigenvalue weighted by Crippen LogP contribution is 2.03. The average Bonchev–Trinajstić information content (AvgIpc) is 2.78. The second-order valence-corrected chi connectivity index (χ2v) is 4.08. The molecular formula is C12H16N4O2. The molecule has 0 aliphatic rings. The van der Waals surface area contributed by atoms with Crippen molar-refractivity contribution >= 4 is 0 Å². The standard InChI is InChI=1S/C12H16N4O2/c1-18-9-12(17)6-11-8-16(15-14-11)7-10-2-4-13-5-3-10/h2-5,8,12,17H,6-7,9H2,1H3/t12-/m0/s1. The van der Waals surface area contributed by atoms with Gasteiger partial charge in [-0.25, -0.2) is 4.68 Å². The molecule has 6 heteroatoms. The molecule has 0 amide bonds. The Morgan fingerprint density at radius 1 is 1.39 bits per heavy atom. The van der Waals surface area contributed by atoms with Gasteiger partial charge in [0.15, 0.2) is 0 Å². The first-order valence-electron chi connectivity index (χ1n) is 5.73. The fourth-order valence-corrected chi connectivity index (χ4v) is 1.68. The molecule has 2 rings (SSSR count). The maximum absolute atomic E-state index is 9.59. The van der Waals surface area contributed by atoms with E-state index in [9.17, 15) is 5.11 Å². The highest BCUT2D eigenvalue weighted by molar-refractivity contribution is 5.10. The molecule has 0 aliphatic carbocycles. The molecule has 0 aromatic carbocycles. The molecule has 1 N–H and O–H groups in total. The first kappa shape index (κ1) is 12.7. The van der Waals surface area contributed by atoms with Gasteiger partial charge in [-0.3, -0.25) is 4.98 Å². The van der Waals surface area contributed by atoms with E-state index in [2.05, 4.69) is 15.3 Å². The first-order valence-corrected chi connectivity index (χ1v) is 5.73. The van der Waals surface area contributed by atoms with Crippen molar-refractivity contribution in [2.45, 2.75) is 19.1 Å². The van der Waals surface area contributed by atoms with E-state index in [-0.39, 0.29) is 0 Å². The predicted octanol–water partition coefficient (Wildman–Crippen LogP) is 0.271. The summed E-state index contributed by atoms with van der Waals surface area (Å²) in [5.74, 6) is 0. The lowest BCUT2D eigenvalue weighted by Crippen LogP contribution is -2.17. The minimum atomic E-state index is -0.541. The lowest BCUT2D eigenvalue weighted by Gasteiger charge is -2.05. The predicted molar refractivity (Wildman–Crippen MR) is 64.9 cm³/mol. The van der Waals surface area contributed by atoms with Crippen molar-refractivity contribution in [3.8, 4) is 0 Å². The Hall–Kier alpha value is -1.79. The van der Waals surface area contributed by atoms with E-state index in [0.29, 0.717) is 19.6 Å². The van der Waals surface area contributed by atoms with Crippen LogP contribution in [0.3, 0.4) is 0 Å². The third-order valence-corrected chi connectivity index (χ3v) is 2.48. The molecule has 0 unspecified atom stereocenters. The van der Waals surface area contributed by atoms with Gasteiger partial charge < -0.3 is 9.84 Å². The van der Waals surface area contributed by atoms with E-state index >= 15 is 0 Å². The molecule has 0 aliphatic heterocycles. The van der Waals surface area contributed by atoms with Crippen LogP contribution in [0.1, 0.15) is 11.3 Å². The molecule has 2 heterocycles. The summed E-state index contributed by atoms with van der Waals surface area (Å²) < 4.78 is 6.61. The van der Waals surface area contributed by atoms with Crippen LogP contribution in [0, 0.1) is 0 Å². The molecule has 96 valence electrons. The maximum atomic E-state index is 9.59. The van der Waals surface area contributed by atoms with Crippen LogP contribution < -0.4 is 0 Å². The highest BCUT2D eigenvalue weighted by Gasteiger charge is 2.08. The van der Waals surface area contributed by atoms with Gasteiger partial charge in [0.25, 0.3) is 0 Å². The van der Waals surface area contributed by atoms with Crippen LogP contribution in [-0.4, -0.2) is 44.9 Å². The number of hydrogen-bond acceptors (Lipinski definition) is 5. The number of aromatic nitrogens is 4. The van der Waals surface area contributed by atoms with Gasteiger partial charge in [-0.05, 0) is 17.7 Å². The Bertz CT molecular complexity index is 472. The largest absolute Gasteiger partial charge is 0.390 e. The lowest BCUT2D eigenvalue weighted by atomic mass is 10.2. The van der Waals surface area contributed by atoms with Crippen molar-refractivity contribution in [1.29, 1.82) is 0 Å². The molecule has 1 atom stereocenters. The molecule has 0 bridgehead atoms. The Kier molecular flexibility index (Phi) is 4.38. The van der Waals surface area contributed by atoms with Crippen molar-refractivity contribution in [2.75, 3.05) is 13.7 Å². The van der Waals surface area contributed by atoms with Crippen molar-refractivity contribution in [1.82, 2.24) is 20.0 Å². The Balaban J connectivity index is 1.94.